The van der Waals surface area contributed by atoms with Gasteiger partial charge in [-0.15, -0.1) is 0 Å². The summed E-state index contributed by atoms with van der Waals surface area (Å²) in [6.07, 6.45) is 8.67. The lowest BCUT2D eigenvalue weighted by Gasteiger charge is -1.94. The van der Waals surface area contributed by atoms with Crippen molar-refractivity contribution >= 4 is 21.5 Å². The van der Waals surface area contributed by atoms with Crippen molar-refractivity contribution in [3.63, 3.8) is 0 Å². The molecule has 0 amide bonds. The predicted octanol–water partition coefficient (Wildman–Crippen LogP) is 4.83. The molecule has 1 heterocycles. The van der Waals surface area contributed by atoms with Crippen LogP contribution in [0.25, 0.3) is 5.57 Å². The second kappa shape index (κ2) is 8.48. The number of hydrogen-bond donors (Lipinski definition) is 0. The van der Waals surface area contributed by atoms with E-state index in [2.05, 4.69) is 33.9 Å². The van der Waals surface area contributed by atoms with Crippen molar-refractivity contribution in [3.05, 3.63) is 35.0 Å². The Labute approximate surface area is 100 Å². The number of rotatable bonds is 3. The van der Waals surface area contributed by atoms with E-state index in [0.29, 0.717) is 10.6 Å². The van der Waals surface area contributed by atoms with Crippen LogP contribution in [0.1, 0.15) is 40.0 Å². The van der Waals surface area contributed by atoms with Crippen LogP contribution < -0.4 is 0 Å². The zero-order valence-electron chi connectivity index (χ0n) is 9.75. The van der Waals surface area contributed by atoms with E-state index < -0.39 is 0 Å². The van der Waals surface area contributed by atoms with Crippen molar-refractivity contribution in [2.24, 2.45) is 0 Å². The van der Waals surface area contributed by atoms with Gasteiger partial charge in [-0.05, 0) is 29.3 Å². The second-order valence-electron chi connectivity index (χ2n) is 2.54. The molecule has 0 unspecified atom stereocenters. The van der Waals surface area contributed by atoms with Gasteiger partial charge in [-0.25, -0.2) is 4.98 Å². The highest BCUT2D eigenvalue weighted by Crippen LogP contribution is 2.19. The van der Waals surface area contributed by atoms with E-state index in [4.69, 9.17) is 4.42 Å². The van der Waals surface area contributed by atoms with Gasteiger partial charge in [0.05, 0.1) is 6.20 Å². The molecule has 0 atom stereocenters. The molecule has 1 aromatic rings. The van der Waals surface area contributed by atoms with E-state index in [1.807, 2.05) is 32.9 Å². The third-order valence-corrected chi connectivity index (χ3v) is 1.86. The molecular weight excluding hydrogens is 254 g/mol. The van der Waals surface area contributed by atoms with Crippen molar-refractivity contribution in [1.29, 1.82) is 0 Å². The SMILES string of the molecule is C/C=C\C(=C/CC)c1ncc(Br)o1.CC. The monoisotopic (exact) mass is 271 g/mol. The average Bonchev–Trinajstić information content (AvgIpc) is 2.68. The number of halogens is 1. The molecule has 1 aromatic heterocycles. The Kier molecular flexibility index (Phi) is 8.01. The van der Waals surface area contributed by atoms with Gasteiger partial charge in [-0.2, -0.15) is 0 Å². The first-order valence-corrected chi connectivity index (χ1v) is 6.01. The molecule has 84 valence electrons. The number of aromatic nitrogens is 1. The quantitative estimate of drug-likeness (QED) is 0.736. The molecule has 0 bridgehead atoms. The standard InChI is InChI=1S/C10H12BrNO.C2H6/c1-3-5-8(6-4-2)10-12-7-9(11)13-10;1-2/h3,5-7H,4H2,1-2H3;1-2H3/b5-3-,8-6+;. The minimum absolute atomic E-state index is 0.659. The highest BCUT2D eigenvalue weighted by molar-refractivity contribution is 9.10. The Hall–Kier alpha value is -0.830. The van der Waals surface area contributed by atoms with Crippen LogP contribution in [-0.2, 0) is 0 Å². The second-order valence-corrected chi connectivity index (χ2v) is 3.32. The predicted molar refractivity (Wildman–Crippen MR) is 68.6 cm³/mol. The maximum atomic E-state index is 5.34. The van der Waals surface area contributed by atoms with E-state index in [0.717, 1.165) is 12.0 Å². The van der Waals surface area contributed by atoms with Crippen LogP contribution in [0.4, 0.5) is 0 Å². The molecule has 0 saturated heterocycles. The van der Waals surface area contributed by atoms with Gasteiger partial charge < -0.3 is 4.42 Å². The zero-order valence-corrected chi connectivity index (χ0v) is 11.3. The molecule has 0 aromatic carbocycles. The highest BCUT2D eigenvalue weighted by Gasteiger charge is 2.03. The Morgan fingerprint density at radius 1 is 1.53 bits per heavy atom. The van der Waals surface area contributed by atoms with Gasteiger partial charge in [0.1, 0.15) is 0 Å². The van der Waals surface area contributed by atoms with Crippen molar-refractivity contribution in [2.45, 2.75) is 34.1 Å². The Morgan fingerprint density at radius 2 is 2.20 bits per heavy atom. The lowest BCUT2D eigenvalue weighted by atomic mass is 10.2. The Morgan fingerprint density at radius 3 is 2.60 bits per heavy atom. The molecule has 0 radical (unpaired) electrons. The van der Waals surface area contributed by atoms with Crippen LogP contribution in [0.15, 0.2) is 33.5 Å². The average molecular weight is 272 g/mol. The van der Waals surface area contributed by atoms with Crippen molar-refractivity contribution in [2.75, 3.05) is 0 Å². The van der Waals surface area contributed by atoms with Gasteiger partial charge in [-0.1, -0.05) is 39.0 Å². The molecule has 2 nitrogen and oxygen atoms in total. The van der Waals surface area contributed by atoms with Crippen LogP contribution in [0, 0.1) is 0 Å². The number of hydrogen-bond acceptors (Lipinski definition) is 2. The van der Waals surface area contributed by atoms with Crippen LogP contribution in [0.2, 0.25) is 0 Å². The molecule has 15 heavy (non-hydrogen) atoms. The van der Waals surface area contributed by atoms with E-state index in [9.17, 15) is 0 Å². The molecule has 3 heteroatoms. The first-order chi connectivity index (χ1) is 7.27. The lowest BCUT2D eigenvalue weighted by molar-refractivity contribution is 0.519. The fourth-order valence-electron chi connectivity index (χ4n) is 1.01. The molecule has 0 N–H and O–H groups in total. The topological polar surface area (TPSA) is 26.0 Å². The fraction of sp³-hybridized carbons (Fsp3) is 0.417. The number of nitrogens with zero attached hydrogens (tertiary/aromatic N) is 1. The summed E-state index contributed by atoms with van der Waals surface area (Å²) in [6, 6.07) is 0. The Bertz CT molecular complexity index is 326. The first kappa shape index (κ1) is 14.2. The van der Waals surface area contributed by atoms with Gasteiger partial charge in [0.25, 0.3) is 0 Å². The first-order valence-electron chi connectivity index (χ1n) is 5.22. The van der Waals surface area contributed by atoms with E-state index >= 15 is 0 Å². The molecule has 0 fully saturated rings. The summed E-state index contributed by atoms with van der Waals surface area (Å²) in [7, 11) is 0. The summed E-state index contributed by atoms with van der Waals surface area (Å²) >= 11 is 3.22. The van der Waals surface area contributed by atoms with Crippen LogP contribution in [0.5, 0.6) is 0 Å². The molecule has 0 aliphatic carbocycles. The van der Waals surface area contributed by atoms with Gasteiger partial charge in [0.2, 0.25) is 5.89 Å². The maximum Gasteiger partial charge on any atom is 0.227 e. The molecule has 1 rings (SSSR count). The van der Waals surface area contributed by atoms with E-state index in [1.54, 1.807) is 6.20 Å². The van der Waals surface area contributed by atoms with Crippen molar-refractivity contribution < 1.29 is 4.42 Å². The third-order valence-electron chi connectivity index (χ3n) is 1.49. The van der Waals surface area contributed by atoms with Crippen molar-refractivity contribution in [3.8, 4) is 0 Å². The smallest absolute Gasteiger partial charge is 0.227 e. The largest absolute Gasteiger partial charge is 0.429 e. The minimum atomic E-state index is 0.659. The number of allylic oxidation sites excluding steroid dienone is 4. The zero-order chi connectivity index (χ0) is 11.7. The number of oxazole rings is 1. The molecule has 0 spiro atoms. The Balaban J connectivity index is 0.000000921. The molecular formula is C12H18BrNO. The van der Waals surface area contributed by atoms with E-state index in [1.165, 1.54) is 0 Å². The fourth-order valence-corrected chi connectivity index (χ4v) is 1.27. The molecule has 0 aliphatic heterocycles. The summed E-state index contributed by atoms with van der Waals surface area (Å²) in [5.41, 5.74) is 1.02. The summed E-state index contributed by atoms with van der Waals surface area (Å²) in [6.45, 7) is 8.06. The van der Waals surface area contributed by atoms with Gasteiger partial charge in [-0.3, -0.25) is 0 Å². The summed E-state index contributed by atoms with van der Waals surface area (Å²) in [4.78, 5) is 4.12. The van der Waals surface area contributed by atoms with Crippen LogP contribution >= 0.6 is 15.9 Å². The van der Waals surface area contributed by atoms with Gasteiger partial charge in [0, 0.05) is 5.57 Å². The van der Waals surface area contributed by atoms with Crippen molar-refractivity contribution in [1.82, 2.24) is 4.98 Å². The van der Waals surface area contributed by atoms with Crippen LogP contribution in [0.3, 0.4) is 0 Å². The normalized spacial score (nSPS) is 11.4. The molecule has 0 aliphatic rings. The summed E-state index contributed by atoms with van der Waals surface area (Å²) in [5, 5.41) is 0. The van der Waals surface area contributed by atoms with Crippen LogP contribution in [-0.4, -0.2) is 4.98 Å². The van der Waals surface area contributed by atoms with Gasteiger partial charge in [0.15, 0.2) is 4.67 Å². The molecule has 0 saturated carbocycles. The third kappa shape index (κ3) is 4.98. The van der Waals surface area contributed by atoms with E-state index in [-0.39, 0.29) is 0 Å². The van der Waals surface area contributed by atoms with Gasteiger partial charge >= 0.3 is 0 Å². The summed E-state index contributed by atoms with van der Waals surface area (Å²) < 4.78 is 6.00. The highest BCUT2D eigenvalue weighted by atomic mass is 79.9. The summed E-state index contributed by atoms with van der Waals surface area (Å²) in [5.74, 6) is 0.659. The minimum Gasteiger partial charge on any atom is -0.429 e. The maximum absolute atomic E-state index is 5.34. The lowest BCUT2D eigenvalue weighted by Crippen LogP contribution is -1.79.